The summed E-state index contributed by atoms with van der Waals surface area (Å²) in [4.78, 5) is 24.4. The van der Waals surface area contributed by atoms with E-state index in [4.69, 9.17) is 5.11 Å². The van der Waals surface area contributed by atoms with Crippen LogP contribution in [0, 0.1) is 17.6 Å². The number of aliphatic carboxylic acids is 1. The molecule has 1 aromatic carbocycles. The Morgan fingerprint density at radius 1 is 1.29 bits per heavy atom. The third-order valence-corrected chi connectivity index (χ3v) is 3.50. The fraction of sp³-hybridized carbons (Fsp3) is 0.429. The van der Waals surface area contributed by atoms with E-state index in [2.05, 4.69) is 0 Å². The van der Waals surface area contributed by atoms with Gasteiger partial charge in [0.05, 0.1) is 5.75 Å². The molecule has 0 aliphatic heterocycles. The van der Waals surface area contributed by atoms with Crippen molar-refractivity contribution in [2.45, 2.75) is 18.7 Å². The van der Waals surface area contributed by atoms with Crippen LogP contribution in [0.4, 0.5) is 8.78 Å². The van der Waals surface area contributed by atoms with E-state index in [9.17, 15) is 18.4 Å². The average molecular weight is 317 g/mol. The number of rotatable bonds is 7. The second-order valence-electron chi connectivity index (χ2n) is 4.93. The van der Waals surface area contributed by atoms with Crippen LogP contribution in [0.25, 0.3) is 0 Å². The third-order valence-electron chi connectivity index (χ3n) is 2.52. The van der Waals surface area contributed by atoms with E-state index in [1.165, 1.54) is 11.0 Å². The molecule has 0 saturated carbocycles. The molecule has 0 heterocycles. The molecule has 7 heteroatoms. The maximum atomic E-state index is 13.0. The molecule has 0 unspecified atom stereocenters. The first-order valence-corrected chi connectivity index (χ1v) is 7.35. The predicted octanol–water partition coefficient (Wildman–Crippen LogP) is 2.63. The molecular formula is C14H17F2NO3S. The molecule has 0 fully saturated rings. The summed E-state index contributed by atoms with van der Waals surface area (Å²) in [5.41, 5.74) is 0. The van der Waals surface area contributed by atoms with Crippen molar-refractivity contribution in [3.8, 4) is 0 Å². The van der Waals surface area contributed by atoms with E-state index < -0.39 is 17.6 Å². The van der Waals surface area contributed by atoms with Crippen LogP contribution in [-0.2, 0) is 9.59 Å². The van der Waals surface area contributed by atoms with Gasteiger partial charge in [-0.05, 0) is 24.1 Å². The van der Waals surface area contributed by atoms with E-state index >= 15 is 0 Å². The monoisotopic (exact) mass is 317 g/mol. The number of halogens is 2. The van der Waals surface area contributed by atoms with Crippen LogP contribution in [0.5, 0.6) is 0 Å². The van der Waals surface area contributed by atoms with Crippen molar-refractivity contribution in [2.75, 3.05) is 18.8 Å². The molecule has 4 nitrogen and oxygen atoms in total. The summed E-state index contributed by atoms with van der Waals surface area (Å²) < 4.78 is 25.8. The SMILES string of the molecule is CC(C)CN(CC(=O)O)C(=O)CSc1ccc(F)c(F)c1. The standard InChI is InChI=1S/C14H17F2NO3S/c1-9(2)6-17(7-14(19)20)13(18)8-21-10-3-4-11(15)12(16)5-10/h3-5,9H,6-8H2,1-2H3,(H,19,20). The predicted molar refractivity (Wildman–Crippen MR) is 76.1 cm³/mol. The van der Waals surface area contributed by atoms with Crippen molar-refractivity contribution in [1.29, 1.82) is 0 Å². The number of nitrogens with zero attached hydrogens (tertiary/aromatic N) is 1. The molecule has 0 radical (unpaired) electrons. The minimum atomic E-state index is -1.08. The van der Waals surface area contributed by atoms with Gasteiger partial charge < -0.3 is 10.0 Å². The first-order chi connectivity index (χ1) is 9.79. The van der Waals surface area contributed by atoms with E-state index in [1.54, 1.807) is 0 Å². The molecule has 1 amide bonds. The van der Waals surface area contributed by atoms with Crippen molar-refractivity contribution >= 4 is 23.6 Å². The van der Waals surface area contributed by atoms with Crippen LogP contribution in [0.15, 0.2) is 23.1 Å². The fourth-order valence-corrected chi connectivity index (χ4v) is 2.49. The fourth-order valence-electron chi connectivity index (χ4n) is 1.66. The molecular weight excluding hydrogens is 300 g/mol. The maximum absolute atomic E-state index is 13.0. The second kappa shape index (κ2) is 7.97. The molecule has 1 rings (SSSR count). The molecule has 1 N–H and O–H groups in total. The lowest BCUT2D eigenvalue weighted by Crippen LogP contribution is -2.39. The lowest BCUT2D eigenvalue weighted by Gasteiger charge is -2.22. The molecule has 116 valence electrons. The molecule has 0 atom stereocenters. The highest BCUT2D eigenvalue weighted by atomic mass is 32.2. The van der Waals surface area contributed by atoms with Gasteiger partial charge in [-0.15, -0.1) is 11.8 Å². The minimum absolute atomic E-state index is 0.0227. The zero-order valence-electron chi connectivity index (χ0n) is 11.8. The number of benzene rings is 1. The number of carboxylic acid groups (broad SMARTS) is 1. The number of hydrogen-bond donors (Lipinski definition) is 1. The summed E-state index contributed by atoms with van der Waals surface area (Å²) >= 11 is 1.04. The van der Waals surface area contributed by atoms with Crippen molar-refractivity contribution in [3.63, 3.8) is 0 Å². The lowest BCUT2D eigenvalue weighted by molar-refractivity contribution is -0.143. The minimum Gasteiger partial charge on any atom is -0.480 e. The molecule has 0 aliphatic carbocycles. The maximum Gasteiger partial charge on any atom is 0.323 e. The quantitative estimate of drug-likeness (QED) is 0.786. The molecule has 1 aromatic rings. The van der Waals surface area contributed by atoms with E-state index in [-0.39, 0.29) is 24.1 Å². The molecule has 21 heavy (non-hydrogen) atoms. The summed E-state index contributed by atoms with van der Waals surface area (Å²) in [5, 5.41) is 8.81. The van der Waals surface area contributed by atoms with Crippen LogP contribution in [0.1, 0.15) is 13.8 Å². The molecule has 0 aliphatic rings. The van der Waals surface area contributed by atoms with Crippen LogP contribution in [0.3, 0.4) is 0 Å². The Morgan fingerprint density at radius 2 is 1.95 bits per heavy atom. The highest BCUT2D eigenvalue weighted by Crippen LogP contribution is 2.21. The number of thioether (sulfide) groups is 1. The first kappa shape index (κ1) is 17.4. The number of carbonyl (C=O) groups is 2. The van der Waals surface area contributed by atoms with Crippen LogP contribution >= 0.6 is 11.8 Å². The van der Waals surface area contributed by atoms with Gasteiger partial charge in [-0.2, -0.15) is 0 Å². The van der Waals surface area contributed by atoms with Crippen molar-refractivity contribution in [1.82, 2.24) is 4.90 Å². The highest BCUT2D eigenvalue weighted by molar-refractivity contribution is 8.00. The zero-order valence-corrected chi connectivity index (χ0v) is 12.6. The summed E-state index contributed by atoms with van der Waals surface area (Å²) in [6, 6.07) is 3.38. The molecule has 0 saturated heterocycles. The van der Waals surface area contributed by atoms with Crippen LogP contribution in [-0.4, -0.2) is 40.7 Å². The third kappa shape index (κ3) is 6.12. The number of carboxylic acids is 1. The normalized spacial score (nSPS) is 10.7. The van der Waals surface area contributed by atoms with Gasteiger partial charge in [-0.3, -0.25) is 9.59 Å². The van der Waals surface area contributed by atoms with Gasteiger partial charge in [0.15, 0.2) is 11.6 Å². The highest BCUT2D eigenvalue weighted by Gasteiger charge is 2.18. The van der Waals surface area contributed by atoms with Crippen molar-refractivity contribution < 1.29 is 23.5 Å². The summed E-state index contributed by atoms with van der Waals surface area (Å²) in [6.07, 6.45) is 0. The van der Waals surface area contributed by atoms with Gasteiger partial charge in [0.1, 0.15) is 6.54 Å². The van der Waals surface area contributed by atoms with Gasteiger partial charge in [0, 0.05) is 11.4 Å². The Morgan fingerprint density at radius 3 is 2.48 bits per heavy atom. The molecule has 0 bridgehead atoms. The van der Waals surface area contributed by atoms with E-state index in [1.807, 2.05) is 13.8 Å². The Hall–Kier alpha value is -1.63. The average Bonchev–Trinajstić information content (AvgIpc) is 2.38. The lowest BCUT2D eigenvalue weighted by atomic mass is 10.2. The Bertz CT molecular complexity index is 523. The number of hydrogen-bond acceptors (Lipinski definition) is 3. The second-order valence-corrected chi connectivity index (χ2v) is 5.98. The van der Waals surface area contributed by atoms with Gasteiger partial charge in [-0.1, -0.05) is 13.8 Å². The Kier molecular flexibility index (Phi) is 6.61. The van der Waals surface area contributed by atoms with Crippen LogP contribution in [0.2, 0.25) is 0 Å². The van der Waals surface area contributed by atoms with Gasteiger partial charge in [-0.25, -0.2) is 8.78 Å². The molecule has 0 spiro atoms. The van der Waals surface area contributed by atoms with Crippen molar-refractivity contribution in [3.05, 3.63) is 29.8 Å². The smallest absolute Gasteiger partial charge is 0.323 e. The van der Waals surface area contributed by atoms with Gasteiger partial charge in [0.25, 0.3) is 0 Å². The Balaban J connectivity index is 2.63. The summed E-state index contributed by atoms with van der Waals surface area (Å²) in [6.45, 7) is 3.73. The van der Waals surface area contributed by atoms with E-state index in [0.29, 0.717) is 11.4 Å². The van der Waals surface area contributed by atoms with Gasteiger partial charge >= 0.3 is 5.97 Å². The van der Waals surface area contributed by atoms with E-state index in [0.717, 1.165) is 23.9 Å². The zero-order chi connectivity index (χ0) is 16.0. The van der Waals surface area contributed by atoms with Gasteiger partial charge in [0.2, 0.25) is 5.91 Å². The molecule has 0 aromatic heterocycles. The summed E-state index contributed by atoms with van der Waals surface area (Å²) in [5.74, 6) is -3.23. The van der Waals surface area contributed by atoms with Crippen LogP contribution < -0.4 is 0 Å². The van der Waals surface area contributed by atoms with Crippen molar-refractivity contribution in [2.24, 2.45) is 5.92 Å². The largest absolute Gasteiger partial charge is 0.480 e. The topological polar surface area (TPSA) is 57.6 Å². The first-order valence-electron chi connectivity index (χ1n) is 6.37. The number of carbonyl (C=O) groups excluding carboxylic acids is 1. The Labute approximate surface area is 126 Å². The number of amides is 1. The summed E-state index contributed by atoms with van der Waals surface area (Å²) in [7, 11) is 0.